The smallest absolute Gasteiger partial charge is 0.131 e. The molecule has 0 aliphatic heterocycles. The van der Waals surface area contributed by atoms with Gasteiger partial charge >= 0.3 is 0 Å². The minimum atomic E-state index is -0.216. The van der Waals surface area contributed by atoms with Gasteiger partial charge in [-0.3, -0.25) is 11.3 Å². The monoisotopic (exact) mass is 242 g/mol. The molecule has 0 spiro atoms. The minimum Gasteiger partial charge on any atom is -0.271 e. The van der Waals surface area contributed by atoms with E-state index in [1.165, 1.54) is 6.07 Å². The number of benzene rings is 2. The average Bonchev–Trinajstić information content (AvgIpc) is 2.42. The standard InChI is InChI=1S/C15H15FN2/c1-2-3-8-15(18-17)13-9-10-14(16)12-7-5-4-6-11(12)13/h4-7,9-10,15,18H,8,17H2,1H3. The fraction of sp³-hybridized carbons (Fsp3) is 0.200. The van der Waals surface area contributed by atoms with Crippen LogP contribution in [0.15, 0.2) is 36.4 Å². The molecule has 0 heterocycles. The number of hydrogen-bond acceptors (Lipinski definition) is 2. The van der Waals surface area contributed by atoms with Crippen LogP contribution >= 0.6 is 0 Å². The quantitative estimate of drug-likeness (QED) is 0.493. The molecule has 0 amide bonds. The third-order valence-electron chi connectivity index (χ3n) is 2.96. The molecule has 92 valence electrons. The van der Waals surface area contributed by atoms with Crippen molar-refractivity contribution < 1.29 is 4.39 Å². The van der Waals surface area contributed by atoms with Gasteiger partial charge in [0.2, 0.25) is 0 Å². The van der Waals surface area contributed by atoms with Gasteiger partial charge in [0.05, 0.1) is 6.04 Å². The third-order valence-corrected chi connectivity index (χ3v) is 2.96. The Hall–Kier alpha value is -1.89. The fourth-order valence-corrected chi connectivity index (χ4v) is 2.05. The van der Waals surface area contributed by atoms with Crippen LogP contribution in [0.5, 0.6) is 0 Å². The number of nitrogens with two attached hydrogens (primary N) is 1. The van der Waals surface area contributed by atoms with Crippen molar-refractivity contribution in [3.63, 3.8) is 0 Å². The van der Waals surface area contributed by atoms with Crippen molar-refractivity contribution in [2.45, 2.75) is 19.4 Å². The van der Waals surface area contributed by atoms with Crippen molar-refractivity contribution in [2.75, 3.05) is 0 Å². The summed E-state index contributed by atoms with van der Waals surface area (Å²) in [5, 5.41) is 1.48. The van der Waals surface area contributed by atoms with Gasteiger partial charge in [-0.05, 0) is 23.9 Å². The van der Waals surface area contributed by atoms with Gasteiger partial charge in [-0.15, -0.1) is 11.8 Å². The number of hydrazine groups is 1. The molecule has 18 heavy (non-hydrogen) atoms. The van der Waals surface area contributed by atoms with Crippen LogP contribution in [0.1, 0.15) is 24.9 Å². The first-order valence-corrected chi connectivity index (χ1v) is 5.80. The largest absolute Gasteiger partial charge is 0.271 e. The molecule has 2 rings (SSSR count). The first-order chi connectivity index (χ1) is 8.77. The fourth-order valence-electron chi connectivity index (χ4n) is 2.05. The molecule has 0 saturated carbocycles. The van der Waals surface area contributed by atoms with Crippen molar-refractivity contribution in [1.82, 2.24) is 5.43 Å². The first kappa shape index (κ1) is 12.6. The highest BCUT2D eigenvalue weighted by Gasteiger charge is 2.13. The zero-order chi connectivity index (χ0) is 13.0. The van der Waals surface area contributed by atoms with Crippen LogP contribution in [-0.2, 0) is 0 Å². The first-order valence-electron chi connectivity index (χ1n) is 5.80. The Morgan fingerprint density at radius 3 is 2.61 bits per heavy atom. The summed E-state index contributed by atoms with van der Waals surface area (Å²) in [5.41, 5.74) is 3.71. The van der Waals surface area contributed by atoms with Crippen LogP contribution in [0.2, 0.25) is 0 Å². The number of fused-ring (bicyclic) bond motifs is 1. The van der Waals surface area contributed by atoms with Gasteiger partial charge in [0.15, 0.2) is 0 Å². The lowest BCUT2D eigenvalue weighted by atomic mass is 9.97. The molecule has 2 nitrogen and oxygen atoms in total. The van der Waals surface area contributed by atoms with E-state index >= 15 is 0 Å². The second-order valence-corrected chi connectivity index (χ2v) is 4.03. The molecule has 0 saturated heterocycles. The highest BCUT2D eigenvalue weighted by Crippen LogP contribution is 2.27. The van der Waals surface area contributed by atoms with Crippen molar-refractivity contribution in [1.29, 1.82) is 0 Å². The van der Waals surface area contributed by atoms with Gasteiger partial charge in [-0.25, -0.2) is 4.39 Å². The second-order valence-electron chi connectivity index (χ2n) is 4.03. The van der Waals surface area contributed by atoms with Gasteiger partial charge in [0.1, 0.15) is 5.82 Å². The zero-order valence-electron chi connectivity index (χ0n) is 10.2. The lowest BCUT2D eigenvalue weighted by Gasteiger charge is -2.16. The maximum Gasteiger partial charge on any atom is 0.131 e. The molecule has 0 radical (unpaired) electrons. The van der Waals surface area contributed by atoms with Gasteiger partial charge in [0.25, 0.3) is 0 Å². The van der Waals surface area contributed by atoms with Crippen LogP contribution < -0.4 is 11.3 Å². The molecule has 0 aliphatic rings. The van der Waals surface area contributed by atoms with Crippen LogP contribution in [0.4, 0.5) is 4.39 Å². The normalized spacial score (nSPS) is 11.9. The Bertz CT molecular complexity index is 611. The predicted molar refractivity (Wildman–Crippen MR) is 72.0 cm³/mol. The molecule has 3 heteroatoms. The minimum absolute atomic E-state index is 0.0945. The molecule has 3 N–H and O–H groups in total. The molecule has 0 aliphatic carbocycles. The molecule has 0 bridgehead atoms. The van der Waals surface area contributed by atoms with E-state index < -0.39 is 0 Å². The summed E-state index contributed by atoms with van der Waals surface area (Å²) in [5.74, 6) is 11.2. The average molecular weight is 242 g/mol. The number of rotatable bonds is 3. The summed E-state index contributed by atoms with van der Waals surface area (Å²) < 4.78 is 13.7. The van der Waals surface area contributed by atoms with Crippen molar-refractivity contribution >= 4 is 10.8 Å². The molecule has 0 aromatic heterocycles. The Kier molecular flexibility index (Phi) is 3.93. The zero-order valence-corrected chi connectivity index (χ0v) is 10.2. The van der Waals surface area contributed by atoms with E-state index in [0.29, 0.717) is 11.8 Å². The lowest BCUT2D eigenvalue weighted by molar-refractivity contribution is 0.570. The molecule has 1 atom stereocenters. The van der Waals surface area contributed by atoms with E-state index in [1.54, 1.807) is 19.1 Å². The Labute approximate surface area is 106 Å². The molecular weight excluding hydrogens is 227 g/mol. The van der Waals surface area contributed by atoms with Crippen LogP contribution in [-0.4, -0.2) is 0 Å². The maximum absolute atomic E-state index is 13.7. The van der Waals surface area contributed by atoms with E-state index in [9.17, 15) is 4.39 Å². The topological polar surface area (TPSA) is 38.0 Å². The number of nitrogens with one attached hydrogen (secondary N) is 1. The number of halogens is 1. The van der Waals surface area contributed by atoms with Gasteiger partial charge in [-0.2, -0.15) is 0 Å². The van der Waals surface area contributed by atoms with E-state index in [0.717, 1.165) is 10.9 Å². The van der Waals surface area contributed by atoms with Gasteiger partial charge in [0, 0.05) is 11.8 Å². The Balaban J connectivity index is 2.55. The summed E-state index contributed by atoms with van der Waals surface area (Å²) in [6.07, 6.45) is 0.600. The van der Waals surface area contributed by atoms with Gasteiger partial charge < -0.3 is 0 Å². The van der Waals surface area contributed by atoms with E-state index in [4.69, 9.17) is 5.84 Å². The molecule has 2 aromatic rings. The van der Waals surface area contributed by atoms with Crippen LogP contribution in [0.3, 0.4) is 0 Å². The predicted octanol–water partition coefficient (Wildman–Crippen LogP) is 2.90. The maximum atomic E-state index is 13.7. The SMILES string of the molecule is CC#CCC(NN)c1ccc(F)c2ccccc12. The lowest BCUT2D eigenvalue weighted by Crippen LogP contribution is -2.27. The van der Waals surface area contributed by atoms with E-state index in [2.05, 4.69) is 17.3 Å². The summed E-state index contributed by atoms with van der Waals surface area (Å²) >= 11 is 0. The summed E-state index contributed by atoms with van der Waals surface area (Å²) in [7, 11) is 0. The summed E-state index contributed by atoms with van der Waals surface area (Å²) in [4.78, 5) is 0. The molecule has 0 fully saturated rings. The van der Waals surface area contributed by atoms with Crippen LogP contribution in [0, 0.1) is 17.7 Å². The molecule has 1 unspecified atom stereocenters. The molecular formula is C15H15FN2. The summed E-state index contributed by atoms with van der Waals surface area (Å²) in [6.45, 7) is 1.79. The van der Waals surface area contributed by atoms with Gasteiger partial charge in [-0.1, -0.05) is 30.3 Å². The van der Waals surface area contributed by atoms with Crippen molar-refractivity contribution in [2.24, 2.45) is 5.84 Å². The van der Waals surface area contributed by atoms with Crippen LogP contribution in [0.25, 0.3) is 10.8 Å². The molecule has 2 aromatic carbocycles. The Morgan fingerprint density at radius 2 is 1.94 bits per heavy atom. The third kappa shape index (κ3) is 2.35. The second kappa shape index (κ2) is 5.63. The van der Waals surface area contributed by atoms with Crippen molar-refractivity contribution in [3.05, 3.63) is 47.8 Å². The highest BCUT2D eigenvalue weighted by molar-refractivity contribution is 5.86. The number of hydrogen-bond donors (Lipinski definition) is 2. The van der Waals surface area contributed by atoms with Crippen molar-refractivity contribution in [3.8, 4) is 11.8 Å². The summed E-state index contributed by atoms with van der Waals surface area (Å²) in [6, 6.07) is 10.5. The highest BCUT2D eigenvalue weighted by atomic mass is 19.1. The van der Waals surface area contributed by atoms with E-state index in [1.807, 2.05) is 18.2 Å². The van der Waals surface area contributed by atoms with E-state index in [-0.39, 0.29) is 11.9 Å². The Morgan fingerprint density at radius 1 is 1.22 bits per heavy atom.